The van der Waals surface area contributed by atoms with Gasteiger partial charge in [-0.25, -0.2) is 4.99 Å². The van der Waals surface area contributed by atoms with Gasteiger partial charge in [0.25, 0.3) is 0 Å². The maximum atomic E-state index is 11.9. The Morgan fingerprint density at radius 2 is 1.88 bits per heavy atom. The number of rotatable bonds is 4. The summed E-state index contributed by atoms with van der Waals surface area (Å²) in [6.45, 7) is 6.77. The summed E-state index contributed by atoms with van der Waals surface area (Å²) in [7, 11) is 3.55. The highest BCUT2D eigenvalue weighted by Gasteiger charge is 2.36. The fourth-order valence-electron chi connectivity index (χ4n) is 3.99. The molecule has 5 heteroatoms. The minimum absolute atomic E-state index is 0.0362. The Bertz CT molecular complexity index is 450. The topological polar surface area (TPSA) is 47.9 Å². The number of carbonyl (C=O) groups excluding carboxylic acids is 1. The van der Waals surface area contributed by atoms with Crippen LogP contribution in [0.25, 0.3) is 0 Å². The van der Waals surface area contributed by atoms with E-state index in [0.29, 0.717) is 12.0 Å². The SMILES string of the molecule is C=CCNC(=NCC(=O)N(C)C)N1CCCC2(CCCCCC2)C1. The minimum Gasteiger partial charge on any atom is -0.353 e. The Morgan fingerprint density at radius 1 is 1.21 bits per heavy atom. The Balaban J connectivity index is 2.07. The number of guanidine groups is 1. The molecule has 1 saturated carbocycles. The summed E-state index contributed by atoms with van der Waals surface area (Å²) in [5, 5.41) is 3.36. The number of amides is 1. The highest BCUT2D eigenvalue weighted by Crippen LogP contribution is 2.42. The highest BCUT2D eigenvalue weighted by atomic mass is 16.2. The molecule has 0 radical (unpaired) electrons. The first-order valence-corrected chi connectivity index (χ1v) is 9.41. The van der Waals surface area contributed by atoms with E-state index >= 15 is 0 Å². The van der Waals surface area contributed by atoms with Crippen LogP contribution >= 0.6 is 0 Å². The molecule has 0 unspecified atom stereocenters. The summed E-state index contributed by atoms with van der Waals surface area (Å²) < 4.78 is 0. The van der Waals surface area contributed by atoms with Crippen molar-refractivity contribution < 1.29 is 4.79 Å². The van der Waals surface area contributed by atoms with Gasteiger partial charge < -0.3 is 15.1 Å². The number of hydrogen-bond acceptors (Lipinski definition) is 2. The lowest BCUT2D eigenvalue weighted by molar-refractivity contribution is -0.127. The fourth-order valence-corrected chi connectivity index (χ4v) is 3.99. The number of piperidine rings is 1. The van der Waals surface area contributed by atoms with E-state index in [1.165, 1.54) is 51.4 Å². The van der Waals surface area contributed by atoms with Gasteiger partial charge in [0.2, 0.25) is 5.91 Å². The molecule has 2 rings (SSSR count). The van der Waals surface area contributed by atoms with E-state index in [0.717, 1.165) is 19.0 Å². The molecule has 5 nitrogen and oxygen atoms in total. The monoisotopic (exact) mass is 334 g/mol. The van der Waals surface area contributed by atoms with E-state index in [2.05, 4.69) is 21.8 Å². The number of likely N-dealkylation sites (N-methyl/N-ethyl adjacent to an activating group) is 1. The zero-order valence-corrected chi connectivity index (χ0v) is 15.5. The van der Waals surface area contributed by atoms with Gasteiger partial charge in [-0.1, -0.05) is 31.8 Å². The third-order valence-corrected chi connectivity index (χ3v) is 5.39. The highest BCUT2D eigenvalue weighted by molar-refractivity contribution is 5.85. The summed E-state index contributed by atoms with van der Waals surface area (Å²) in [4.78, 5) is 20.5. The predicted octanol–water partition coefficient (Wildman–Crippen LogP) is 2.64. The van der Waals surface area contributed by atoms with Crippen LogP contribution in [0.5, 0.6) is 0 Å². The second-order valence-electron chi connectivity index (χ2n) is 7.54. The Kier molecular flexibility index (Phi) is 7.13. The van der Waals surface area contributed by atoms with Crippen molar-refractivity contribution in [3.63, 3.8) is 0 Å². The van der Waals surface area contributed by atoms with Crippen molar-refractivity contribution in [2.24, 2.45) is 10.4 Å². The molecule has 0 atom stereocenters. The van der Waals surface area contributed by atoms with Gasteiger partial charge in [-0.3, -0.25) is 4.79 Å². The predicted molar refractivity (Wildman–Crippen MR) is 100 cm³/mol. The molecule has 1 amide bonds. The lowest BCUT2D eigenvalue weighted by atomic mass is 9.74. The lowest BCUT2D eigenvalue weighted by Crippen LogP contribution is -2.51. The molecular weight excluding hydrogens is 300 g/mol. The van der Waals surface area contributed by atoms with Crippen LogP contribution < -0.4 is 5.32 Å². The number of likely N-dealkylation sites (tertiary alicyclic amines) is 1. The normalized spacial score (nSPS) is 21.2. The Hall–Kier alpha value is -1.52. The molecule has 1 aliphatic heterocycles. The van der Waals surface area contributed by atoms with Crippen LogP contribution in [0.4, 0.5) is 0 Å². The summed E-state index contributed by atoms with van der Waals surface area (Å²) in [6.07, 6.45) is 12.6. The number of hydrogen-bond donors (Lipinski definition) is 1. The van der Waals surface area contributed by atoms with Gasteiger partial charge in [-0.05, 0) is 31.1 Å². The van der Waals surface area contributed by atoms with Crippen LogP contribution in [0.2, 0.25) is 0 Å². The van der Waals surface area contributed by atoms with Gasteiger partial charge in [0.05, 0.1) is 0 Å². The standard InChI is InChI=1S/C19H34N4O/c1-4-13-20-18(21-15-17(24)22(2)3)23-14-9-12-19(16-23)10-7-5-6-8-11-19/h4H,1,5-16H2,2-3H3,(H,20,21). The molecule has 0 aromatic rings. The number of nitrogens with zero attached hydrogens (tertiary/aromatic N) is 3. The van der Waals surface area contributed by atoms with Gasteiger partial charge in [-0.2, -0.15) is 0 Å². The van der Waals surface area contributed by atoms with Gasteiger partial charge in [0.1, 0.15) is 6.54 Å². The van der Waals surface area contributed by atoms with Crippen LogP contribution in [0.15, 0.2) is 17.6 Å². The second kappa shape index (κ2) is 9.09. The molecule has 24 heavy (non-hydrogen) atoms. The Labute approximate surface area is 147 Å². The third-order valence-electron chi connectivity index (χ3n) is 5.39. The van der Waals surface area contributed by atoms with Crippen molar-refractivity contribution in [1.82, 2.24) is 15.1 Å². The molecule has 0 aromatic heterocycles. The van der Waals surface area contributed by atoms with Gasteiger partial charge in [0.15, 0.2) is 5.96 Å². The van der Waals surface area contributed by atoms with Crippen molar-refractivity contribution in [2.75, 3.05) is 40.3 Å². The van der Waals surface area contributed by atoms with Crippen LogP contribution in [0.3, 0.4) is 0 Å². The molecule has 136 valence electrons. The summed E-state index contributed by atoms with van der Waals surface area (Å²) in [5.41, 5.74) is 0.455. The molecular formula is C19H34N4O. The van der Waals surface area contributed by atoms with Crippen LogP contribution in [-0.2, 0) is 4.79 Å². The van der Waals surface area contributed by atoms with E-state index in [1.54, 1.807) is 19.0 Å². The third kappa shape index (κ3) is 5.25. The summed E-state index contributed by atoms with van der Waals surface area (Å²) >= 11 is 0. The van der Waals surface area contributed by atoms with E-state index in [9.17, 15) is 4.79 Å². The van der Waals surface area contributed by atoms with Crippen molar-refractivity contribution >= 4 is 11.9 Å². The average molecular weight is 335 g/mol. The van der Waals surface area contributed by atoms with E-state index in [1.807, 2.05) is 6.08 Å². The van der Waals surface area contributed by atoms with E-state index < -0.39 is 0 Å². The van der Waals surface area contributed by atoms with Gasteiger partial charge in [0, 0.05) is 33.7 Å². The minimum atomic E-state index is 0.0362. The number of aliphatic imine (C=N–C) groups is 1. The smallest absolute Gasteiger partial charge is 0.243 e. The van der Waals surface area contributed by atoms with Crippen molar-refractivity contribution in [1.29, 1.82) is 0 Å². The molecule has 1 heterocycles. The van der Waals surface area contributed by atoms with Crippen LogP contribution in [0.1, 0.15) is 51.4 Å². The molecule has 1 N–H and O–H groups in total. The van der Waals surface area contributed by atoms with Crippen molar-refractivity contribution in [3.05, 3.63) is 12.7 Å². The van der Waals surface area contributed by atoms with Gasteiger partial charge >= 0.3 is 0 Å². The molecule has 1 aliphatic carbocycles. The maximum Gasteiger partial charge on any atom is 0.243 e. The fraction of sp³-hybridized carbons (Fsp3) is 0.789. The Morgan fingerprint density at radius 3 is 2.50 bits per heavy atom. The molecule has 1 spiro atoms. The summed E-state index contributed by atoms with van der Waals surface area (Å²) in [5.74, 6) is 0.905. The van der Waals surface area contributed by atoms with E-state index in [-0.39, 0.29) is 12.5 Å². The molecule has 0 aromatic carbocycles. The number of nitrogens with one attached hydrogen (secondary N) is 1. The van der Waals surface area contributed by atoms with Crippen molar-refractivity contribution in [2.45, 2.75) is 51.4 Å². The number of carbonyl (C=O) groups is 1. The largest absolute Gasteiger partial charge is 0.353 e. The first-order chi connectivity index (χ1) is 11.6. The zero-order valence-electron chi connectivity index (χ0n) is 15.5. The van der Waals surface area contributed by atoms with Gasteiger partial charge in [-0.15, -0.1) is 6.58 Å². The summed E-state index contributed by atoms with van der Waals surface area (Å²) in [6, 6.07) is 0. The van der Waals surface area contributed by atoms with E-state index in [4.69, 9.17) is 0 Å². The molecule has 2 aliphatic rings. The molecule has 2 fully saturated rings. The van der Waals surface area contributed by atoms with Crippen LogP contribution in [0, 0.1) is 5.41 Å². The first kappa shape index (κ1) is 18.8. The molecule has 1 saturated heterocycles. The lowest BCUT2D eigenvalue weighted by Gasteiger charge is -2.44. The van der Waals surface area contributed by atoms with Crippen molar-refractivity contribution in [3.8, 4) is 0 Å². The first-order valence-electron chi connectivity index (χ1n) is 9.41. The van der Waals surface area contributed by atoms with Crippen LogP contribution in [-0.4, -0.2) is 61.9 Å². The quantitative estimate of drug-likeness (QED) is 0.488. The second-order valence-corrected chi connectivity index (χ2v) is 7.54. The molecule has 0 bridgehead atoms. The zero-order chi connectivity index (χ0) is 17.4. The average Bonchev–Trinajstić information content (AvgIpc) is 2.80. The maximum absolute atomic E-state index is 11.9.